The molecule has 0 spiro atoms. The zero-order valence-electron chi connectivity index (χ0n) is 16.8. The SMILES string of the molecule is COC(=O)C1=CC[C@@H](OC(C)=O)[C@H]([C@H](OC(C)=O)[C@@H](COC(C)=O)OC(C)=O)O1. The minimum atomic E-state index is -1.37. The maximum absolute atomic E-state index is 11.9. The van der Waals surface area contributed by atoms with Crippen LogP contribution in [0.1, 0.15) is 34.1 Å². The van der Waals surface area contributed by atoms with E-state index in [4.69, 9.17) is 23.7 Å². The van der Waals surface area contributed by atoms with Crippen molar-refractivity contribution < 1.29 is 52.4 Å². The molecule has 0 fully saturated rings. The van der Waals surface area contributed by atoms with Gasteiger partial charge in [-0.25, -0.2) is 4.79 Å². The van der Waals surface area contributed by atoms with Gasteiger partial charge in [-0.15, -0.1) is 0 Å². The van der Waals surface area contributed by atoms with Crippen molar-refractivity contribution in [1.29, 1.82) is 0 Å². The monoisotopic (exact) mass is 416 g/mol. The van der Waals surface area contributed by atoms with Crippen molar-refractivity contribution in [3.8, 4) is 0 Å². The number of methoxy groups -OCH3 is 1. The average molecular weight is 416 g/mol. The molecule has 0 N–H and O–H groups in total. The molecule has 0 radical (unpaired) electrons. The third-order valence-corrected chi connectivity index (χ3v) is 3.63. The van der Waals surface area contributed by atoms with Crippen molar-refractivity contribution in [3.63, 3.8) is 0 Å². The van der Waals surface area contributed by atoms with Crippen LogP contribution >= 0.6 is 0 Å². The summed E-state index contributed by atoms with van der Waals surface area (Å²) in [6.45, 7) is 4.06. The number of carbonyl (C=O) groups excluding carboxylic acids is 5. The van der Waals surface area contributed by atoms with E-state index in [-0.39, 0.29) is 12.2 Å². The van der Waals surface area contributed by atoms with Gasteiger partial charge in [-0.05, 0) is 6.08 Å². The van der Waals surface area contributed by atoms with Crippen LogP contribution in [0.2, 0.25) is 0 Å². The molecule has 0 saturated carbocycles. The number of hydrogen-bond donors (Lipinski definition) is 0. The molecule has 1 heterocycles. The number of hydrogen-bond acceptors (Lipinski definition) is 11. The lowest BCUT2D eigenvalue weighted by Gasteiger charge is -2.37. The molecule has 29 heavy (non-hydrogen) atoms. The third-order valence-electron chi connectivity index (χ3n) is 3.63. The van der Waals surface area contributed by atoms with Crippen LogP contribution in [0.15, 0.2) is 11.8 Å². The lowest BCUT2D eigenvalue weighted by Crippen LogP contribution is -2.53. The summed E-state index contributed by atoms with van der Waals surface area (Å²) in [6, 6.07) is 0. The Bertz CT molecular complexity index is 681. The Morgan fingerprint density at radius 1 is 1.00 bits per heavy atom. The Morgan fingerprint density at radius 2 is 1.62 bits per heavy atom. The molecule has 0 aromatic heterocycles. The molecule has 1 rings (SSSR count). The van der Waals surface area contributed by atoms with Gasteiger partial charge in [0.25, 0.3) is 0 Å². The summed E-state index contributed by atoms with van der Waals surface area (Å²) >= 11 is 0. The van der Waals surface area contributed by atoms with Crippen LogP contribution in [0.4, 0.5) is 0 Å². The largest absolute Gasteiger partial charge is 0.475 e. The van der Waals surface area contributed by atoms with Gasteiger partial charge in [0.15, 0.2) is 18.3 Å². The summed E-state index contributed by atoms with van der Waals surface area (Å²) in [5, 5.41) is 0. The van der Waals surface area contributed by atoms with Crippen LogP contribution in [-0.2, 0) is 52.4 Å². The maximum Gasteiger partial charge on any atom is 0.372 e. The lowest BCUT2D eigenvalue weighted by molar-refractivity contribution is -0.198. The lowest BCUT2D eigenvalue weighted by atomic mass is 9.97. The van der Waals surface area contributed by atoms with Gasteiger partial charge in [0.2, 0.25) is 5.76 Å². The average Bonchev–Trinajstić information content (AvgIpc) is 2.62. The van der Waals surface area contributed by atoms with Gasteiger partial charge >= 0.3 is 29.8 Å². The van der Waals surface area contributed by atoms with Crippen molar-refractivity contribution in [3.05, 3.63) is 11.8 Å². The predicted molar refractivity (Wildman–Crippen MR) is 92.9 cm³/mol. The molecule has 0 amide bonds. The Balaban J connectivity index is 3.30. The van der Waals surface area contributed by atoms with E-state index in [1.807, 2.05) is 0 Å². The van der Waals surface area contributed by atoms with Crippen LogP contribution in [0.25, 0.3) is 0 Å². The molecule has 0 saturated heterocycles. The number of carbonyl (C=O) groups is 5. The Hall–Kier alpha value is -3.11. The van der Waals surface area contributed by atoms with Gasteiger partial charge < -0.3 is 28.4 Å². The fourth-order valence-electron chi connectivity index (χ4n) is 2.62. The summed E-state index contributed by atoms with van der Waals surface area (Å²) in [5.41, 5.74) is 0. The smallest absolute Gasteiger partial charge is 0.372 e. The van der Waals surface area contributed by atoms with E-state index in [2.05, 4.69) is 4.74 Å². The zero-order chi connectivity index (χ0) is 22.1. The first-order chi connectivity index (χ1) is 13.5. The first-order valence-electron chi connectivity index (χ1n) is 8.65. The molecular formula is C18H24O11. The standard InChI is InChI=1S/C18H24O11/c1-9(19)25-8-15(27-11(3)21)17(28-12(4)22)16-13(26-10(2)20)6-7-14(29-16)18(23)24-5/h7,13,15-17H,6,8H2,1-5H3/t13-,15-,16-,17-/m1/s1. The van der Waals surface area contributed by atoms with E-state index in [9.17, 15) is 24.0 Å². The Kier molecular flexibility index (Phi) is 9.10. The van der Waals surface area contributed by atoms with E-state index in [0.29, 0.717) is 0 Å². The van der Waals surface area contributed by atoms with Crippen LogP contribution in [-0.4, -0.2) is 68.0 Å². The second-order valence-corrected chi connectivity index (χ2v) is 6.05. The topological polar surface area (TPSA) is 141 Å². The highest BCUT2D eigenvalue weighted by molar-refractivity contribution is 5.86. The second kappa shape index (κ2) is 11.0. The van der Waals surface area contributed by atoms with Gasteiger partial charge in [0.05, 0.1) is 7.11 Å². The van der Waals surface area contributed by atoms with E-state index >= 15 is 0 Å². The van der Waals surface area contributed by atoms with Crippen LogP contribution in [0, 0.1) is 0 Å². The highest BCUT2D eigenvalue weighted by atomic mass is 16.6. The normalized spacial score (nSPS) is 20.1. The van der Waals surface area contributed by atoms with Crippen molar-refractivity contribution >= 4 is 29.8 Å². The minimum Gasteiger partial charge on any atom is -0.475 e. The zero-order valence-corrected chi connectivity index (χ0v) is 16.8. The molecule has 4 atom stereocenters. The number of rotatable bonds is 8. The van der Waals surface area contributed by atoms with Gasteiger partial charge in [-0.2, -0.15) is 0 Å². The molecular weight excluding hydrogens is 392 g/mol. The summed E-state index contributed by atoms with van der Waals surface area (Å²) in [7, 11) is 1.14. The Morgan fingerprint density at radius 3 is 2.10 bits per heavy atom. The fraction of sp³-hybridized carbons (Fsp3) is 0.611. The molecule has 0 aromatic rings. The molecule has 0 aliphatic carbocycles. The predicted octanol–water partition coefficient (Wildman–Crippen LogP) is 0.190. The molecule has 1 aliphatic heterocycles. The van der Waals surface area contributed by atoms with Crippen molar-refractivity contribution in [2.75, 3.05) is 13.7 Å². The third kappa shape index (κ3) is 7.80. The molecule has 162 valence electrons. The molecule has 11 heteroatoms. The second-order valence-electron chi connectivity index (χ2n) is 6.05. The number of esters is 5. The van der Waals surface area contributed by atoms with Crippen molar-refractivity contribution in [2.45, 2.75) is 58.5 Å². The molecule has 0 aromatic carbocycles. The van der Waals surface area contributed by atoms with E-state index in [1.54, 1.807) is 0 Å². The van der Waals surface area contributed by atoms with Crippen LogP contribution < -0.4 is 0 Å². The minimum absolute atomic E-state index is 0.0345. The van der Waals surface area contributed by atoms with Crippen LogP contribution in [0.3, 0.4) is 0 Å². The highest BCUT2D eigenvalue weighted by Crippen LogP contribution is 2.28. The first-order valence-corrected chi connectivity index (χ1v) is 8.65. The summed E-state index contributed by atoms with van der Waals surface area (Å²) in [6.07, 6.45) is -3.50. The van der Waals surface area contributed by atoms with Crippen molar-refractivity contribution in [1.82, 2.24) is 0 Å². The van der Waals surface area contributed by atoms with Crippen LogP contribution in [0.5, 0.6) is 0 Å². The van der Waals surface area contributed by atoms with E-state index in [1.165, 1.54) is 13.0 Å². The van der Waals surface area contributed by atoms with Crippen molar-refractivity contribution in [2.24, 2.45) is 0 Å². The highest BCUT2D eigenvalue weighted by Gasteiger charge is 2.45. The quantitative estimate of drug-likeness (QED) is 0.395. The van der Waals surface area contributed by atoms with Gasteiger partial charge in [0.1, 0.15) is 12.7 Å². The molecule has 0 unspecified atom stereocenters. The number of ether oxygens (including phenoxy) is 6. The van der Waals surface area contributed by atoms with E-state index in [0.717, 1.165) is 27.9 Å². The first kappa shape index (κ1) is 23.9. The van der Waals surface area contributed by atoms with E-state index < -0.39 is 60.9 Å². The molecule has 11 nitrogen and oxygen atoms in total. The molecule has 1 aliphatic rings. The van der Waals surface area contributed by atoms with Gasteiger partial charge in [-0.1, -0.05) is 0 Å². The van der Waals surface area contributed by atoms with Gasteiger partial charge in [0, 0.05) is 34.1 Å². The Labute approximate surface area is 167 Å². The summed E-state index contributed by atoms with van der Waals surface area (Å²) < 4.78 is 30.7. The van der Waals surface area contributed by atoms with Gasteiger partial charge in [-0.3, -0.25) is 19.2 Å². The summed E-state index contributed by atoms with van der Waals surface area (Å²) in [4.78, 5) is 57.8. The molecule has 0 bridgehead atoms. The fourth-order valence-corrected chi connectivity index (χ4v) is 2.62. The summed E-state index contributed by atoms with van der Waals surface area (Å²) in [5.74, 6) is -3.84. The maximum atomic E-state index is 11.9.